The van der Waals surface area contributed by atoms with Crippen LogP contribution in [-0.4, -0.2) is 35.2 Å². The van der Waals surface area contributed by atoms with Gasteiger partial charge in [-0.3, -0.25) is 0 Å². The van der Waals surface area contributed by atoms with Crippen LogP contribution >= 0.6 is 11.6 Å². The van der Waals surface area contributed by atoms with E-state index >= 15 is 0 Å². The molecule has 0 aromatic heterocycles. The molecule has 0 aliphatic carbocycles. The van der Waals surface area contributed by atoms with Gasteiger partial charge in [0.2, 0.25) is 0 Å². The monoisotopic (exact) mass is 340 g/mol. The van der Waals surface area contributed by atoms with E-state index in [1.54, 1.807) is 4.90 Å². The third kappa shape index (κ3) is 7.23. The molecular formula is C18H29ClN2O2. The van der Waals surface area contributed by atoms with Crippen molar-refractivity contribution < 1.29 is 9.53 Å². The Morgan fingerprint density at radius 3 is 2.30 bits per heavy atom. The summed E-state index contributed by atoms with van der Waals surface area (Å²) < 4.78 is 5.50. The Bertz CT molecular complexity index is 518. The molecule has 1 N–H and O–H groups in total. The van der Waals surface area contributed by atoms with Gasteiger partial charge >= 0.3 is 6.09 Å². The van der Waals surface area contributed by atoms with Crippen molar-refractivity contribution in [2.45, 2.75) is 59.2 Å². The highest BCUT2D eigenvalue weighted by molar-refractivity contribution is 6.31. The molecule has 0 aliphatic heterocycles. The van der Waals surface area contributed by atoms with Gasteiger partial charge in [0.1, 0.15) is 5.60 Å². The summed E-state index contributed by atoms with van der Waals surface area (Å²) in [6, 6.07) is 7.74. The number of hydrogen-bond donors (Lipinski definition) is 1. The zero-order chi connectivity index (χ0) is 17.7. The summed E-state index contributed by atoms with van der Waals surface area (Å²) in [6.07, 6.45) is -0.287. The quantitative estimate of drug-likeness (QED) is 0.804. The molecule has 1 aromatic carbocycles. The van der Waals surface area contributed by atoms with Gasteiger partial charge in [-0.05, 0) is 53.2 Å². The molecule has 1 aromatic rings. The largest absolute Gasteiger partial charge is 0.444 e. The molecule has 0 heterocycles. The zero-order valence-corrected chi connectivity index (χ0v) is 15.8. The highest BCUT2D eigenvalue weighted by Gasteiger charge is 2.30. The molecule has 130 valence electrons. The lowest BCUT2D eigenvalue weighted by Gasteiger charge is -2.37. The molecule has 1 amide bonds. The molecule has 0 aliphatic rings. The minimum atomic E-state index is -0.494. The van der Waals surface area contributed by atoms with Crippen LogP contribution in [0.25, 0.3) is 0 Å². The lowest BCUT2D eigenvalue weighted by atomic mass is 10.1. The molecule has 0 radical (unpaired) electrons. The van der Waals surface area contributed by atoms with Crippen LogP contribution in [-0.2, 0) is 11.3 Å². The number of carbonyl (C=O) groups excluding carboxylic acids is 1. The van der Waals surface area contributed by atoms with Gasteiger partial charge in [-0.1, -0.05) is 29.8 Å². The summed E-state index contributed by atoms with van der Waals surface area (Å²) in [6.45, 7) is 13.6. The summed E-state index contributed by atoms with van der Waals surface area (Å²) in [4.78, 5) is 14.1. The van der Waals surface area contributed by atoms with Gasteiger partial charge in [0.25, 0.3) is 0 Å². The van der Waals surface area contributed by atoms with E-state index < -0.39 is 5.60 Å². The van der Waals surface area contributed by atoms with E-state index in [0.717, 1.165) is 10.6 Å². The standard InChI is InChI=1S/C18H29ClN2O2/c1-17(2,3)21(16(22)23-18(4,5)6)12-11-20-13-14-9-7-8-10-15(14)19/h7-10,20H,11-13H2,1-6H3. The number of rotatable bonds is 5. The summed E-state index contributed by atoms with van der Waals surface area (Å²) in [5, 5.41) is 4.08. The number of carbonyl (C=O) groups is 1. The second kappa shape index (κ2) is 8.02. The molecule has 0 unspecified atom stereocenters. The highest BCUT2D eigenvalue weighted by Crippen LogP contribution is 2.18. The molecule has 0 saturated heterocycles. The highest BCUT2D eigenvalue weighted by atomic mass is 35.5. The van der Waals surface area contributed by atoms with Gasteiger partial charge in [0, 0.05) is 30.2 Å². The van der Waals surface area contributed by atoms with Gasteiger partial charge in [0.05, 0.1) is 0 Å². The van der Waals surface area contributed by atoms with Crippen molar-refractivity contribution in [1.82, 2.24) is 10.2 Å². The van der Waals surface area contributed by atoms with Crippen molar-refractivity contribution in [2.24, 2.45) is 0 Å². The minimum absolute atomic E-state index is 0.287. The fraction of sp³-hybridized carbons (Fsp3) is 0.611. The first-order valence-electron chi connectivity index (χ1n) is 7.95. The number of amides is 1. The lowest BCUT2D eigenvalue weighted by molar-refractivity contribution is 0.00663. The summed E-state index contributed by atoms with van der Waals surface area (Å²) in [5.41, 5.74) is 0.258. The first-order valence-corrected chi connectivity index (χ1v) is 8.33. The minimum Gasteiger partial charge on any atom is -0.444 e. The average molecular weight is 341 g/mol. The molecule has 0 fully saturated rings. The van der Waals surface area contributed by atoms with E-state index in [2.05, 4.69) is 5.32 Å². The SMILES string of the molecule is CC(C)(C)OC(=O)N(CCNCc1ccccc1Cl)C(C)(C)C. The lowest BCUT2D eigenvalue weighted by Crippen LogP contribution is -2.50. The second-order valence-corrected chi connectivity index (χ2v) is 7.98. The Hall–Kier alpha value is -1.26. The Balaban J connectivity index is 2.56. The molecular weight excluding hydrogens is 312 g/mol. The Labute approximate surface area is 145 Å². The van der Waals surface area contributed by atoms with Crippen LogP contribution in [0.2, 0.25) is 5.02 Å². The van der Waals surface area contributed by atoms with Gasteiger partial charge in [-0.25, -0.2) is 4.79 Å². The van der Waals surface area contributed by atoms with Crippen LogP contribution in [0.4, 0.5) is 4.79 Å². The molecule has 0 atom stereocenters. The zero-order valence-electron chi connectivity index (χ0n) is 15.1. The van der Waals surface area contributed by atoms with Crippen molar-refractivity contribution in [1.29, 1.82) is 0 Å². The fourth-order valence-corrected chi connectivity index (χ4v) is 2.28. The van der Waals surface area contributed by atoms with Gasteiger partial charge in [-0.15, -0.1) is 0 Å². The Kier molecular flexibility index (Phi) is 6.90. The molecule has 23 heavy (non-hydrogen) atoms. The van der Waals surface area contributed by atoms with Gasteiger partial charge in [-0.2, -0.15) is 0 Å². The third-order valence-electron chi connectivity index (χ3n) is 3.21. The van der Waals surface area contributed by atoms with Crippen LogP contribution in [0.1, 0.15) is 47.1 Å². The van der Waals surface area contributed by atoms with Crippen LogP contribution in [0.15, 0.2) is 24.3 Å². The first kappa shape index (κ1) is 19.8. The maximum absolute atomic E-state index is 12.4. The maximum atomic E-state index is 12.4. The van der Waals surface area contributed by atoms with E-state index in [1.807, 2.05) is 65.8 Å². The van der Waals surface area contributed by atoms with E-state index in [0.29, 0.717) is 19.6 Å². The van der Waals surface area contributed by atoms with Crippen molar-refractivity contribution in [2.75, 3.05) is 13.1 Å². The van der Waals surface area contributed by atoms with Crippen LogP contribution in [0.3, 0.4) is 0 Å². The number of benzene rings is 1. The van der Waals surface area contributed by atoms with Crippen LogP contribution in [0.5, 0.6) is 0 Å². The molecule has 5 heteroatoms. The van der Waals surface area contributed by atoms with E-state index in [-0.39, 0.29) is 11.6 Å². The predicted molar refractivity (Wildman–Crippen MR) is 95.9 cm³/mol. The molecule has 0 spiro atoms. The number of hydrogen-bond acceptors (Lipinski definition) is 3. The number of ether oxygens (including phenoxy) is 1. The second-order valence-electron chi connectivity index (χ2n) is 7.57. The van der Waals surface area contributed by atoms with Crippen LogP contribution < -0.4 is 5.32 Å². The molecule has 0 bridgehead atoms. The van der Waals surface area contributed by atoms with Crippen LogP contribution in [0, 0.1) is 0 Å². The first-order chi connectivity index (χ1) is 10.5. The fourth-order valence-electron chi connectivity index (χ4n) is 2.07. The number of halogens is 1. The number of nitrogens with one attached hydrogen (secondary N) is 1. The summed E-state index contributed by atoms with van der Waals surface area (Å²) >= 11 is 6.14. The van der Waals surface area contributed by atoms with Gasteiger partial charge < -0.3 is 15.0 Å². The topological polar surface area (TPSA) is 41.6 Å². The predicted octanol–water partition coefficient (Wildman–Crippen LogP) is 4.47. The van der Waals surface area contributed by atoms with E-state index in [1.165, 1.54) is 0 Å². The molecule has 0 saturated carbocycles. The normalized spacial score (nSPS) is 12.1. The van der Waals surface area contributed by atoms with E-state index in [4.69, 9.17) is 16.3 Å². The van der Waals surface area contributed by atoms with Crippen molar-refractivity contribution >= 4 is 17.7 Å². The number of nitrogens with zero attached hydrogens (tertiary/aromatic N) is 1. The molecule has 4 nitrogen and oxygen atoms in total. The molecule has 1 rings (SSSR count). The average Bonchev–Trinajstić information content (AvgIpc) is 2.36. The smallest absolute Gasteiger partial charge is 0.410 e. The van der Waals surface area contributed by atoms with Crippen molar-refractivity contribution in [3.63, 3.8) is 0 Å². The Morgan fingerprint density at radius 2 is 1.78 bits per heavy atom. The van der Waals surface area contributed by atoms with Gasteiger partial charge in [0.15, 0.2) is 0 Å². The summed E-state index contributed by atoms with van der Waals surface area (Å²) in [7, 11) is 0. The Morgan fingerprint density at radius 1 is 1.17 bits per heavy atom. The third-order valence-corrected chi connectivity index (χ3v) is 3.58. The maximum Gasteiger partial charge on any atom is 0.410 e. The van der Waals surface area contributed by atoms with Crippen molar-refractivity contribution in [3.8, 4) is 0 Å². The summed E-state index contributed by atoms with van der Waals surface area (Å²) in [5.74, 6) is 0. The van der Waals surface area contributed by atoms with Crippen molar-refractivity contribution in [3.05, 3.63) is 34.9 Å². The van der Waals surface area contributed by atoms with E-state index in [9.17, 15) is 4.79 Å².